The summed E-state index contributed by atoms with van der Waals surface area (Å²) in [6.07, 6.45) is 2.07. The first-order chi connectivity index (χ1) is 13.5. The Morgan fingerprint density at radius 2 is 1.93 bits per heavy atom. The maximum atomic E-state index is 12.3. The average molecular weight is 395 g/mol. The van der Waals surface area contributed by atoms with Crippen molar-refractivity contribution in [2.75, 3.05) is 5.32 Å². The van der Waals surface area contributed by atoms with Crippen LogP contribution in [-0.4, -0.2) is 20.8 Å². The summed E-state index contributed by atoms with van der Waals surface area (Å²) in [6, 6.07) is 13.1. The van der Waals surface area contributed by atoms with Crippen LogP contribution in [0.1, 0.15) is 18.1 Å². The Hall–Kier alpha value is -3.26. The lowest BCUT2D eigenvalue weighted by molar-refractivity contribution is -0.122. The van der Waals surface area contributed by atoms with Gasteiger partial charge in [-0.2, -0.15) is 5.10 Å². The van der Waals surface area contributed by atoms with Gasteiger partial charge in [0, 0.05) is 11.1 Å². The van der Waals surface area contributed by atoms with E-state index < -0.39 is 0 Å². The molecule has 0 fully saturated rings. The fourth-order valence-corrected chi connectivity index (χ4v) is 3.09. The standard InChI is InChI=1S/C20H21N5O2S/c1-3-14-8-6-7-13(2)19(14)22-20(28)24-23-18(27)12-25-16-10-5-4-9-15(16)17(26)11-21-25/h4-11H,3,12H2,1-2H3,(H,23,27)(H2,22,24,28). The first-order valence-corrected chi connectivity index (χ1v) is 9.29. The number of anilines is 1. The zero-order valence-electron chi connectivity index (χ0n) is 15.7. The molecule has 0 saturated heterocycles. The van der Waals surface area contributed by atoms with Crippen LogP contribution in [0.4, 0.5) is 5.69 Å². The molecule has 3 aromatic rings. The van der Waals surface area contributed by atoms with E-state index >= 15 is 0 Å². The molecule has 0 radical (unpaired) electrons. The van der Waals surface area contributed by atoms with E-state index in [0.29, 0.717) is 10.9 Å². The summed E-state index contributed by atoms with van der Waals surface area (Å²) in [7, 11) is 0. The van der Waals surface area contributed by atoms with Crippen molar-refractivity contribution in [3.05, 3.63) is 70.0 Å². The number of thiocarbonyl (C=S) groups is 1. The second-order valence-electron chi connectivity index (χ2n) is 6.27. The molecular weight excluding hydrogens is 374 g/mol. The van der Waals surface area contributed by atoms with Gasteiger partial charge in [0.2, 0.25) is 5.43 Å². The number of para-hydroxylation sites is 2. The third-order valence-corrected chi connectivity index (χ3v) is 4.55. The van der Waals surface area contributed by atoms with Crippen molar-refractivity contribution < 1.29 is 4.79 Å². The number of hydrogen-bond donors (Lipinski definition) is 3. The summed E-state index contributed by atoms with van der Waals surface area (Å²) >= 11 is 5.28. The van der Waals surface area contributed by atoms with E-state index in [-0.39, 0.29) is 23.0 Å². The number of carbonyl (C=O) groups excluding carboxylic acids is 1. The highest BCUT2D eigenvalue weighted by molar-refractivity contribution is 7.80. The summed E-state index contributed by atoms with van der Waals surface area (Å²) in [5.74, 6) is -0.342. The van der Waals surface area contributed by atoms with E-state index in [9.17, 15) is 9.59 Å². The van der Waals surface area contributed by atoms with Crippen LogP contribution in [-0.2, 0) is 17.8 Å². The van der Waals surface area contributed by atoms with Crippen LogP contribution in [0.2, 0.25) is 0 Å². The number of hydrazine groups is 1. The number of fused-ring (bicyclic) bond motifs is 1. The van der Waals surface area contributed by atoms with Crippen LogP contribution in [0.5, 0.6) is 0 Å². The molecule has 1 heterocycles. The first-order valence-electron chi connectivity index (χ1n) is 8.88. The Labute approximate surface area is 167 Å². The fraction of sp³-hybridized carbons (Fsp3) is 0.200. The minimum atomic E-state index is -0.342. The molecule has 0 aliphatic carbocycles. The highest BCUT2D eigenvalue weighted by atomic mass is 32.1. The minimum absolute atomic E-state index is 0.0546. The van der Waals surface area contributed by atoms with Gasteiger partial charge in [-0.3, -0.25) is 25.1 Å². The second-order valence-corrected chi connectivity index (χ2v) is 6.68. The summed E-state index contributed by atoms with van der Waals surface area (Å²) in [6.45, 7) is 4.01. The number of carbonyl (C=O) groups is 1. The Morgan fingerprint density at radius 3 is 2.71 bits per heavy atom. The highest BCUT2D eigenvalue weighted by Gasteiger charge is 2.10. The monoisotopic (exact) mass is 395 g/mol. The van der Waals surface area contributed by atoms with Crippen LogP contribution >= 0.6 is 12.2 Å². The lowest BCUT2D eigenvalue weighted by Crippen LogP contribution is -2.45. The molecule has 1 aromatic heterocycles. The molecule has 0 bridgehead atoms. The summed E-state index contributed by atoms with van der Waals surface area (Å²) in [4.78, 5) is 24.2. The molecule has 0 spiro atoms. The molecule has 0 aliphatic rings. The van der Waals surface area contributed by atoms with Gasteiger partial charge in [0.25, 0.3) is 5.91 Å². The van der Waals surface area contributed by atoms with E-state index in [1.165, 1.54) is 10.9 Å². The van der Waals surface area contributed by atoms with Gasteiger partial charge in [-0.15, -0.1) is 0 Å². The number of nitrogens with zero attached hydrogens (tertiary/aromatic N) is 2. The number of hydrogen-bond acceptors (Lipinski definition) is 4. The Morgan fingerprint density at radius 1 is 1.14 bits per heavy atom. The molecule has 2 aromatic carbocycles. The van der Waals surface area contributed by atoms with Crippen molar-refractivity contribution in [1.82, 2.24) is 20.6 Å². The molecule has 1 amide bonds. The van der Waals surface area contributed by atoms with E-state index in [1.807, 2.05) is 25.1 Å². The first kappa shape index (κ1) is 19.5. The van der Waals surface area contributed by atoms with Gasteiger partial charge in [0.1, 0.15) is 6.54 Å². The zero-order chi connectivity index (χ0) is 20.1. The minimum Gasteiger partial charge on any atom is -0.331 e. The van der Waals surface area contributed by atoms with Gasteiger partial charge >= 0.3 is 0 Å². The highest BCUT2D eigenvalue weighted by Crippen LogP contribution is 2.20. The fourth-order valence-electron chi connectivity index (χ4n) is 2.94. The SMILES string of the molecule is CCc1cccc(C)c1NC(=S)NNC(=O)Cn1ncc(=O)c2ccccc21. The Kier molecular flexibility index (Phi) is 6.00. The van der Waals surface area contributed by atoms with Crippen LogP contribution in [0, 0.1) is 6.92 Å². The van der Waals surface area contributed by atoms with Crippen molar-refractivity contribution in [3.8, 4) is 0 Å². The van der Waals surface area contributed by atoms with E-state index in [0.717, 1.165) is 23.2 Å². The van der Waals surface area contributed by atoms with Crippen LogP contribution in [0.15, 0.2) is 53.5 Å². The summed E-state index contributed by atoms with van der Waals surface area (Å²) in [5.41, 5.74) is 8.82. The summed E-state index contributed by atoms with van der Waals surface area (Å²) in [5, 5.41) is 7.97. The van der Waals surface area contributed by atoms with Gasteiger partial charge in [-0.05, 0) is 48.8 Å². The quantitative estimate of drug-likeness (QED) is 0.464. The Bertz CT molecular complexity index is 1090. The molecular formula is C20H21N5O2S. The largest absolute Gasteiger partial charge is 0.331 e. The number of nitrogens with one attached hydrogen (secondary N) is 3. The molecule has 8 heteroatoms. The van der Waals surface area contributed by atoms with Crippen LogP contribution in [0.25, 0.3) is 10.9 Å². The third kappa shape index (κ3) is 4.34. The van der Waals surface area contributed by atoms with Crippen molar-refractivity contribution in [2.45, 2.75) is 26.8 Å². The van der Waals surface area contributed by atoms with E-state index in [4.69, 9.17) is 12.2 Å². The molecule has 0 atom stereocenters. The van der Waals surface area contributed by atoms with E-state index in [1.54, 1.807) is 24.3 Å². The molecule has 28 heavy (non-hydrogen) atoms. The number of amides is 1. The topological polar surface area (TPSA) is 88.0 Å². The number of rotatable bonds is 4. The normalized spacial score (nSPS) is 10.5. The van der Waals surface area contributed by atoms with Crippen molar-refractivity contribution in [2.24, 2.45) is 0 Å². The lowest BCUT2D eigenvalue weighted by Gasteiger charge is -2.16. The van der Waals surface area contributed by atoms with Gasteiger partial charge in [-0.1, -0.05) is 37.3 Å². The lowest BCUT2D eigenvalue weighted by atomic mass is 10.1. The van der Waals surface area contributed by atoms with Crippen LogP contribution < -0.4 is 21.6 Å². The third-order valence-electron chi connectivity index (χ3n) is 4.35. The molecule has 7 nitrogen and oxygen atoms in total. The molecule has 0 saturated carbocycles. The smallest absolute Gasteiger partial charge is 0.260 e. The van der Waals surface area contributed by atoms with E-state index in [2.05, 4.69) is 28.2 Å². The van der Waals surface area contributed by atoms with Crippen molar-refractivity contribution in [3.63, 3.8) is 0 Å². The maximum Gasteiger partial charge on any atom is 0.260 e. The maximum absolute atomic E-state index is 12.3. The van der Waals surface area contributed by atoms with Crippen LogP contribution in [0.3, 0.4) is 0 Å². The summed E-state index contributed by atoms with van der Waals surface area (Å²) < 4.78 is 1.47. The van der Waals surface area contributed by atoms with Gasteiger partial charge in [0.05, 0.1) is 11.7 Å². The molecule has 3 N–H and O–H groups in total. The molecule has 0 aliphatic heterocycles. The van der Waals surface area contributed by atoms with Crippen molar-refractivity contribution in [1.29, 1.82) is 0 Å². The number of benzene rings is 2. The number of aryl methyl sites for hydroxylation is 2. The zero-order valence-corrected chi connectivity index (χ0v) is 16.5. The Balaban J connectivity index is 1.63. The molecule has 0 unspecified atom stereocenters. The van der Waals surface area contributed by atoms with Crippen molar-refractivity contribution >= 4 is 39.8 Å². The number of aromatic nitrogens is 2. The molecule has 3 rings (SSSR count). The predicted molar refractivity (Wildman–Crippen MR) is 114 cm³/mol. The predicted octanol–water partition coefficient (Wildman–Crippen LogP) is 2.29. The average Bonchev–Trinajstić information content (AvgIpc) is 2.70. The second kappa shape index (κ2) is 8.62. The van der Waals surface area contributed by atoms with Gasteiger partial charge in [0.15, 0.2) is 5.11 Å². The molecule has 144 valence electrons. The van der Waals surface area contributed by atoms with Gasteiger partial charge in [-0.25, -0.2) is 0 Å². The van der Waals surface area contributed by atoms with Gasteiger partial charge < -0.3 is 5.32 Å².